The molecule has 0 bridgehead atoms. The van der Waals surface area contributed by atoms with Gasteiger partial charge in [-0.3, -0.25) is 14.5 Å². The summed E-state index contributed by atoms with van der Waals surface area (Å²) < 4.78 is 13.4. The third kappa shape index (κ3) is 6.16. The van der Waals surface area contributed by atoms with Crippen molar-refractivity contribution in [2.75, 3.05) is 31.5 Å². The van der Waals surface area contributed by atoms with Crippen molar-refractivity contribution in [2.24, 2.45) is 0 Å². The van der Waals surface area contributed by atoms with Crippen LogP contribution in [-0.2, 0) is 11.3 Å². The van der Waals surface area contributed by atoms with Gasteiger partial charge in [-0.25, -0.2) is 4.39 Å². The van der Waals surface area contributed by atoms with E-state index >= 15 is 0 Å². The van der Waals surface area contributed by atoms with Crippen molar-refractivity contribution in [3.63, 3.8) is 0 Å². The number of benzene rings is 2. The number of anilines is 1. The molecule has 2 aromatic carbocycles. The summed E-state index contributed by atoms with van der Waals surface area (Å²) in [6, 6.07) is 13.3. The molecule has 2 aromatic rings. The molecule has 0 atom stereocenters. The van der Waals surface area contributed by atoms with Gasteiger partial charge in [-0.1, -0.05) is 25.1 Å². The Kier molecular flexibility index (Phi) is 8.14. The van der Waals surface area contributed by atoms with E-state index < -0.39 is 0 Å². The van der Waals surface area contributed by atoms with Gasteiger partial charge >= 0.3 is 0 Å². The number of hydrogen-bond donors (Lipinski definition) is 1. The van der Waals surface area contributed by atoms with Crippen LogP contribution >= 0.6 is 0 Å². The van der Waals surface area contributed by atoms with Gasteiger partial charge in [0, 0.05) is 30.9 Å². The molecule has 28 heavy (non-hydrogen) atoms. The van der Waals surface area contributed by atoms with Crippen LogP contribution in [-0.4, -0.2) is 47.8 Å². The Labute approximate surface area is 166 Å². The van der Waals surface area contributed by atoms with Crippen molar-refractivity contribution < 1.29 is 14.0 Å². The minimum Gasteiger partial charge on any atom is -0.339 e. The average molecular weight is 385 g/mol. The SMILES string of the molecule is CCN(CC(=O)Nc1cccc(C(=O)N(CC)CC)c1)Cc1cccc(F)c1. The Morgan fingerprint density at radius 2 is 1.68 bits per heavy atom. The number of hydrogen-bond acceptors (Lipinski definition) is 3. The lowest BCUT2D eigenvalue weighted by atomic mass is 10.1. The highest BCUT2D eigenvalue weighted by atomic mass is 19.1. The number of carbonyl (C=O) groups is 2. The van der Waals surface area contributed by atoms with Crippen LogP contribution in [0.25, 0.3) is 0 Å². The van der Waals surface area contributed by atoms with Crippen LogP contribution in [0, 0.1) is 5.82 Å². The van der Waals surface area contributed by atoms with Crippen molar-refractivity contribution in [3.8, 4) is 0 Å². The zero-order chi connectivity index (χ0) is 20.5. The standard InChI is InChI=1S/C22H28FN3O2/c1-4-25(15-17-9-7-11-19(23)13-17)16-21(27)24-20-12-8-10-18(14-20)22(28)26(5-2)6-3/h7-14H,4-6,15-16H2,1-3H3,(H,24,27). The van der Waals surface area contributed by atoms with Gasteiger partial charge < -0.3 is 10.2 Å². The summed E-state index contributed by atoms with van der Waals surface area (Å²) in [5.74, 6) is -0.513. The number of rotatable bonds is 9. The molecule has 150 valence electrons. The predicted molar refractivity (Wildman–Crippen MR) is 110 cm³/mol. The highest BCUT2D eigenvalue weighted by Crippen LogP contribution is 2.13. The first kappa shape index (κ1) is 21.6. The van der Waals surface area contributed by atoms with Crippen LogP contribution in [0.3, 0.4) is 0 Å². The van der Waals surface area contributed by atoms with Crippen molar-refractivity contribution >= 4 is 17.5 Å². The van der Waals surface area contributed by atoms with E-state index in [1.54, 1.807) is 35.2 Å². The molecule has 0 saturated heterocycles. The summed E-state index contributed by atoms with van der Waals surface area (Å²) in [4.78, 5) is 28.6. The Balaban J connectivity index is 1.99. The van der Waals surface area contributed by atoms with Crippen molar-refractivity contribution in [3.05, 3.63) is 65.5 Å². The summed E-state index contributed by atoms with van der Waals surface area (Å²) >= 11 is 0. The predicted octanol–water partition coefficient (Wildman–Crippen LogP) is 3.77. The molecule has 0 fully saturated rings. The molecular formula is C22H28FN3O2. The van der Waals surface area contributed by atoms with E-state index in [-0.39, 0.29) is 24.2 Å². The molecule has 0 saturated carbocycles. The lowest BCUT2D eigenvalue weighted by molar-refractivity contribution is -0.117. The first-order chi connectivity index (χ1) is 13.5. The Morgan fingerprint density at radius 3 is 2.32 bits per heavy atom. The molecule has 2 rings (SSSR count). The van der Waals surface area contributed by atoms with E-state index in [9.17, 15) is 14.0 Å². The fourth-order valence-corrected chi connectivity index (χ4v) is 3.00. The highest BCUT2D eigenvalue weighted by molar-refractivity contribution is 5.97. The van der Waals surface area contributed by atoms with E-state index in [4.69, 9.17) is 0 Å². The molecule has 5 nitrogen and oxygen atoms in total. The molecule has 2 amide bonds. The van der Waals surface area contributed by atoms with Gasteiger partial charge in [-0.05, 0) is 56.3 Å². The van der Waals surface area contributed by atoms with E-state index in [1.165, 1.54) is 12.1 Å². The van der Waals surface area contributed by atoms with Gasteiger partial charge in [0.25, 0.3) is 5.91 Å². The second-order valence-electron chi connectivity index (χ2n) is 6.54. The number of nitrogens with zero attached hydrogens (tertiary/aromatic N) is 2. The quantitative estimate of drug-likeness (QED) is 0.715. The molecule has 0 aliphatic heterocycles. The molecule has 0 aromatic heterocycles. The molecular weight excluding hydrogens is 357 g/mol. The van der Waals surface area contributed by atoms with Gasteiger partial charge in [0.15, 0.2) is 0 Å². The van der Waals surface area contributed by atoms with Gasteiger partial charge in [0.1, 0.15) is 5.82 Å². The second-order valence-corrected chi connectivity index (χ2v) is 6.54. The molecule has 0 spiro atoms. The Morgan fingerprint density at radius 1 is 0.964 bits per heavy atom. The number of carbonyl (C=O) groups excluding carboxylic acids is 2. The van der Waals surface area contributed by atoms with Crippen LogP contribution in [0.2, 0.25) is 0 Å². The monoisotopic (exact) mass is 385 g/mol. The van der Waals surface area contributed by atoms with Crippen molar-refractivity contribution in [1.82, 2.24) is 9.80 Å². The number of halogens is 1. The molecule has 6 heteroatoms. The third-order valence-electron chi connectivity index (χ3n) is 4.55. The van der Waals surface area contributed by atoms with Gasteiger partial charge in [0.05, 0.1) is 6.54 Å². The Bertz CT molecular complexity index is 806. The zero-order valence-corrected chi connectivity index (χ0v) is 16.7. The van der Waals surface area contributed by atoms with Gasteiger partial charge in [0.2, 0.25) is 5.91 Å². The maximum absolute atomic E-state index is 13.4. The average Bonchev–Trinajstić information content (AvgIpc) is 2.68. The lowest BCUT2D eigenvalue weighted by Gasteiger charge is -2.21. The van der Waals surface area contributed by atoms with E-state index in [2.05, 4.69) is 5.32 Å². The smallest absolute Gasteiger partial charge is 0.253 e. The third-order valence-corrected chi connectivity index (χ3v) is 4.55. The fraction of sp³-hybridized carbons (Fsp3) is 0.364. The zero-order valence-electron chi connectivity index (χ0n) is 16.7. The summed E-state index contributed by atoms with van der Waals surface area (Å²) in [7, 11) is 0. The van der Waals surface area contributed by atoms with Gasteiger partial charge in [-0.15, -0.1) is 0 Å². The molecule has 0 aliphatic rings. The lowest BCUT2D eigenvalue weighted by Crippen LogP contribution is -2.33. The first-order valence-corrected chi connectivity index (χ1v) is 9.62. The highest BCUT2D eigenvalue weighted by Gasteiger charge is 2.14. The molecule has 0 heterocycles. The Hall–Kier alpha value is -2.73. The number of nitrogens with one attached hydrogen (secondary N) is 1. The van der Waals surface area contributed by atoms with Crippen LogP contribution in [0.1, 0.15) is 36.7 Å². The maximum Gasteiger partial charge on any atom is 0.253 e. The van der Waals surface area contributed by atoms with Crippen LogP contribution in [0.15, 0.2) is 48.5 Å². The van der Waals surface area contributed by atoms with Gasteiger partial charge in [-0.2, -0.15) is 0 Å². The number of likely N-dealkylation sites (N-methyl/N-ethyl adjacent to an activating group) is 1. The minimum atomic E-state index is -0.285. The van der Waals surface area contributed by atoms with Crippen molar-refractivity contribution in [1.29, 1.82) is 0 Å². The normalized spacial score (nSPS) is 10.8. The van der Waals surface area contributed by atoms with Crippen molar-refractivity contribution in [2.45, 2.75) is 27.3 Å². The topological polar surface area (TPSA) is 52.7 Å². The van der Waals surface area contributed by atoms with Crippen LogP contribution in [0.5, 0.6) is 0 Å². The second kappa shape index (κ2) is 10.6. The van der Waals surface area contributed by atoms with E-state index in [1.807, 2.05) is 31.7 Å². The van der Waals surface area contributed by atoms with Crippen LogP contribution in [0.4, 0.5) is 10.1 Å². The molecule has 1 N–H and O–H groups in total. The first-order valence-electron chi connectivity index (χ1n) is 9.62. The summed E-state index contributed by atoms with van der Waals surface area (Å²) in [5.41, 5.74) is 1.96. The summed E-state index contributed by atoms with van der Waals surface area (Å²) in [6.45, 7) is 8.43. The van der Waals surface area contributed by atoms with E-state index in [0.717, 1.165) is 5.56 Å². The summed E-state index contributed by atoms with van der Waals surface area (Å²) in [5, 5.41) is 2.85. The largest absolute Gasteiger partial charge is 0.339 e. The van der Waals surface area contributed by atoms with Crippen LogP contribution < -0.4 is 5.32 Å². The maximum atomic E-state index is 13.4. The minimum absolute atomic E-state index is 0.0533. The summed E-state index contributed by atoms with van der Waals surface area (Å²) in [6.07, 6.45) is 0. The van der Waals surface area contributed by atoms with E-state index in [0.29, 0.717) is 37.4 Å². The molecule has 0 radical (unpaired) electrons. The molecule has 0 aliphatic carbocycles. The molecule has 0 unspecified atom stereocenters. The fourth-order valence-electron chi connectivity index (χ4n) is 3.00. The number of amides is 2.